The molecule has 0 aliphatic carbocycles. The molecule has 2 heterocycles. The van der Waals surface area contributed by atoms with Gasteiger partial charge in [-0.25, -0.2) is 0 Å². The van der Waals surface area contributed by atoms with Crippen molar-refractivity contribution in [3.8, 4) is 17.2 Å². The third-order valence-electron chi connectivity index (χ3n) is 4.86. The van der Waals surface area contributed by atoms with Crippen LogP contribution >= 0.6 is 23.4 Å². The molecule has 0 aromatic heterocycles. The third kappa shape index (κ3) is 3.74. The van der Waals surface area contributed by atoms with Crippen molar-refractivity contribution >= 4 is 42.4 Å². The van der Waals surface area contributed by atoms with Gasteiger partial charge in [0, 0.05) is 12.0 Å². The van der Waals surface area contributed by atoms with E-state index in [4.69, 9.17) is 28.9 Å². The molecule has 0 bridgehead atoms. The van der Waals surface area contributed by atoms with E-state index in [2.05, 4.69) is 5.32 Å². The van der Waals surface area contributed by atoms with Crippen molar-refractivity contribution in [2.24, 2.45) is 0 Å². The first kappa shape index (κ1) is 20.9. The maximum atomic E-state index is 12.8. The zero-order valence-electron chi connectivity index (χ0n) is 15.1. The standard InChI is InChI=1S/C19H12BClF3NO4S/c20-18(16(26)25-17(27)30-18)12-5-6-28-15-8-10(2-3-11(12)15)29-14-4-1-9(7-13(14)21)19(22,23)24/h1-4,7-8,12H,5-6H2,(H,25,26,27)/t12?,18-/m0/s1. The van der Waals surface area contributed by atoms with Crippen LogP contribution in [0.5, 0.6) is 17.2 Å². The molecule has 2 aromatic carbocycles. The van der Waals surface area contributed by atoms with Crippen LogP contribution in [0.3, 0.4) is 0 Å². The molecular weight excluding hydrogens is 442 g/mol. The second-order valence-electron chi connectivity index (χ2n) is 6.77. The van der Waals surface area contributed by atoms with Crippen LogP contribution in [-0.4, -0.2) is 30.2 Å². The fourth-order valence-corrected chi connectivity index (χ4v) is 4.61. The van der Waals surface area contributed by atoms with Crippen molar-refractivity contribution in [1.29, 1.82) is 0 Å². The molecule has 2 aliphatic rings. The van der Waals surface area contributed by atoms with Gasteiger partial charge in [-0.15, -0.1) is 0 Å². The predicted molar refractivity (Wildman–Crippen MR) is 105 cm³/mol. The Morgan fingerprint density at radius 2 is 2.00 bits per heavy atom. The summed E-state index contributed by atoms with van der Waals surface area (Å²) in [6.45, 7) is 0.267. The van der Waals surface area contributed by atoms with Crippen LogP contribution < -0.4 is 14.8 Å². The normalized spacial score (nSPS) is 23.5. The lowest BCUT2D eigenvalue weighted by Crippen LogP contribution is -2.44. The number of ether oxygens (including phenoxy) is 2. The van der Waals surface area contributed by atoms with Gasteiger partial charge in [0.05, 0.1) is 21.8 Å². The number of fused-ring (bicyclic) bond motifs is 1. The molecule has 1 N–H and O–H groups in total. The van der Waals surface area contributed by atoms with Crippen LogP contribution in [0.15, 0.2) is 36.4 Å². The Balaban J connectivity index is 1.61. The number of imide groups is 1. The van der Waals surface area contributed by atoms with Crippen molar-refractivity contribution in [2.75, 3.05) is 6.61 Å². The maximum Gasteiger partial charge on any atom is 0.416 e. The van der Waals surface area contributed by atoms with Crippen LogP contribution in [-0.2, 0) is 11.0 Å². The van der Waals surface area contributed by atoms with Crippen LogP contribution in [0.4, 0.5) is 18.0 Å². The minimum atomic E-state index is -4.51. The van der Waals surface area contributed by atoms with Gasteiger partial charge in [-0.3, -0.25) is 14.9 Å². The fourth-order valence-electron chi connectivity index (χ4n) is 3.41. The Labute approximate surface area is 179 Å². The minimum Gasteiger partial charge on any atom is -0.493 e. The average Bonchev–Trinajstić information content (AvgIpc) is 2.94. The molecular formula is C19H12BClF3NO4S. The first-order chi connectivity index (χ1) is 14.1. The largest absolute Gasteiger partial charge is 0.493 e. The third-order valence-corrected chi connectivity index (χ3v) is 6.25. The molecule has 11 heteroatoms. The molecule has 1 saturated heterocycles. The molecule has 2 amide bonds. The summed E-state index contributed by atoms with van der Waals surface area (Å²) in [5.74, 6) is -0.302. The molecule has 2 radical (unpaired) electrons. The zero-order valence-corrected chi connectivity index (χ0v) is 16.7. The summed E-state index contributed by atoms with van der Waals surface area (Å²) < 4.78 is 48.2. The predicted octanol–water partition coefficient (Wildman–Crippen LogP) is 4.87. The number of carbonyl (C=O) groups is 2. The SMILES string of the molecule is [B][C@@]1(C2CCOc3cc(Oc4ccc(C(F)(F)F)cc4Cl)ccc32)SC(=O)NC1=O. The van der Waals surface area contributed by atoms with E-state index in [9.17, 15) is 22.8 Å². The second kappa shape index (κ2) is 7.42. The van der Waals surface area contributed by atoms with Crippen LogP contribution in [0.1, 0.15) is 23.5 Å². The first-order valence-electron chi connectivity index (χ1n) is 8.72. The molecule has 0 spiro atoms. The van der Waals surface area contributed by atoms with Crippen LogP contribution in [0, 0.1) is 0 Å². The van der Waals surface area contributed by atoms with Gasteiger partial charge in [0.15, 0.2) is 0 Å². The number of thioether (sulfide) groups is 1. The van der Waals surface area contributed by atoms with E-state index in [0.29, 0.717) is 17.7 Å². The topological polar surface area (TPSA) is 64.6 Å². The molecule has 0 saturated carbocycles. The summed E-state index contributed by atoms with van der Waals surface area (Å²) in [7, 11) is 6.25. The van der Waals surface area contributed by atoms with Gasteiger partial charge in [0.25, 0.3) is 5.24 Å². The van der Waals surface area contributed by atoms with Gasteiger partial charge in [0.1, 0.15) is 25.1 Å². The van der Waals surface area contributed by atoms with Crippen LogP contribution in [0.25, 0.3) is 0 Å². The van der Waals surface area contributed by atoms with Gasteiger partial charge < -0.3 is 9.47 Å². The highest BCUT2D eigenvalue weighted by Crippen LogP contribution is 2.48. The quantitative estimate of drug-likeness (QED) is 0.672. The number of alkyl halides is 3. The van der Waals surface area contributed by atoms with E-state index in [0.717, 1.165) is 30.0 Å². The average molecular weight is 454 g/mol. The first-order valence-corrected chi connectivity index (χ1v) is 9.92. The van der Waals surface area contributed by atoms with E-state index in [1.165, 1.54) is 6.07 Å². The van der Waals surface area contributed by atoms with Crippen molar-refractivity contribution in [3.05, 3.63) is 52.5 Å². The molecule has 2 atom stereocenters. The molecule has 2 aromatic rings. The summed E-state index contributed by atoms with van der Waals surface area (Å²) in [5.41, 5.74) is -0.251. The van der Waals surface area contributed by atoms with Crippen molar-refractivity contribution in [1.82, 2.24) is 5.32 Å². The van der Waals surface area contributed by atoms with Crippen molar-refractivity contribution in [3.63, 3.8) is 0 Å². The van der Waals surface area contributed by atoms with Gasteiger partial charge in [0.2, 0.25) is 5.91 Å². The zero-order chi connectivity index (χ0) is 21.7. The number of rotatable bonds is 3. The monoisotopic (exact) mass is 453 g/mol. The van der Waals surface area contributed by atoms with E-state index >= 15 is 0 Å². The number of benzene rings is 2. The van der Waals surface area contributed by atoms with Gasteiger partial charge in [-0.1, -0.05) is 29.4 Å². The minimum absolute atomic E-state index is 0.0450. The molecule has 1 unspecified atom stereocenters. The van der Waals surface area contributed by atoms with Crippen LogP contribution in [0.2, 0.25) is 5.02 Å². The van der Waals surface area contributed by atoms with E-state index in [-0.39, 0.29) is 23.1 Å². The summed E-state index contributed by atoms with van der Waals surface area (Å²) in [5, 5.41) is 1.50. The molecule has 154 valence electrons. The maximum absolute atomic E-state index is 12.8. The Hall–Kier alpha value is -2.33. The fraction of sp³-hybridized carbons (Fsp3) is 0.263. The van der Waals surface area contributed by atoms with E-state index in [1.54, 1.807) is 12.1 Å². The van der Waals surface area contributed by atoms with E-state index in [1.807, 2.05) is 0 Å². The number of amides is 2. The molecule has 1 fully saturated rings. The highest BCUT2D eigenvalue weighted by atomic mass is 35.5. The second-order valence-corrected chi connectivity index (χ2v) is 8.43. The summed E-state index contributed by atoms with van der Waals surface area (Å²) in [6.07, 6.45) is -4.08. The summed E-state index contributed by atoms with van der Waals surface area (Å²) in [4.78, 5) is 23.8. The van der Waals surface area contributed by atoms with Gasteiger partial charge >= 0.3 is 6.18 Å². The Morgan fingerprint density at radius 3 is 2.63 bits per heavy atom. The van der Waals surface area contributed by atoms with Crippen molar-refractivity contribution in [2.45, 2.75) is 23.2 Å². The summed E-state index contributed by atoms with van der Waals surface area (Å²) >= 11 is 6.67. The highest BCUT2D eigenvalue weighted by Gasteiger charge is 2.50. The van der Waals surface area contributed by atoms with Gasteiger partial charge in [-0.05, 0) is 36.2 Å². The Kier molecular flexibility index (Phi) is 5.18. The number of halogens is 4. The number of hydrogen-bond donors (Lipinski definition) is 1. The van der Waals surface area contributed by atoms with Crippen molar-refractivity contribution < 1.29 is 32.2 Å². The van der Waals surface area contributed by atoms with E-state index < -0.39 is 33.5 Å². The number of hydrogen-bond acceptors (Lipinski definition) is 5. The molecule has 2 aliphatic heterocycles. The molecule has 4 rings (SSSR count). The Bertz CT molecular complexity index is 1050. The number of carbonyl (C=O) groups excluding carboxylic acids is 2. The molecule has 30 heavy (non-hydrogen) atoms. The Morgan fingerprint density at radius 1 is 1.23 bits per heavy atom. The molecule has 5 nitrogen and oxygen atoms in total. The summed E-state index contributed by atoms with van der Waals surface area (Å²) in [6, 6.07) is 7.55. The van der Waals surface area contributed by atoms with Gasteiger partial charge in [-0.2, -0.15) is 13.2 Å². The highest BCUT2D eigenvalue weighted by molar-refractivity contribution is 8.17. The lowest BCUT2D eigenvalue weighted by molar-refractivity contribution is -0.137. The lowest BCUT2D eigenvalue weighted by atomic mass is 9.69. The smallest absolute Gasteiger partial charge is 0.416 e. The lowest BCUT2D eigenvalue weighted by Gasteiger charge is -2.35. The number of nitrogens with one attached hydrogen (secondary N) is 1.